The first-order valence-electron chi connectivity index (χ1n) is 7.43. The molecule has 0 aromatic heterocycles. The van der Waals surface area contributed by atoms with E-state index in [1.807, 2.05) is 29.2 Å². The van der Waals surface area contributed by atoms with Crippen LogP contribution in [0.2, 0.25) is 5.02 Å². The van der Waals surface area contributed by atoms with Crippen molar-refractivity contribution in [2.45, 2.75) is 30.8 Å². The molecule has 1 saturated heterocycles. The molecule has 4 nitrogen and oxygen atoms in total. The molecule has 1 aromatic carbocycles. The van der Waals surface area contributed by atoms with E-state index in [1.165, 1.54) is 0 Å². The van der Waals surface area contributed by atoms with Crippen molar-refractivity contribution in [2.24, 2.45) is 0 Å². The minimum Gasteiger partial charge on any atom is -0.394 e. The van der Waals surface area contributed by atoms with E-state index in [1.54, 1.807) is 0 Å². The maximum atomic E-state index is 13.0. The molecule has 0 radical (unpaired) electrons. The number of morpholine rings is 1. The molecule has 2 fully saturated rings. The van der Waals surface area contributed by atoms with Crippen molar-refractivity contribution in [3.8, 4) is 0 Å². The van der Waals surface area contributed by atoms with Gasteiger partial charge in [0.05, 0.1) is 24.7 Å². The summed E-state index contributed by atoms with van der Waals surface area (Å²) in [6.45, 7) is 1.51. The summed E-state index contributed by atoms with van der Waals surface area (Å²) in [5.41, 5.74) is 0.584. The monoisotopic (exact) mass is 309 g/mol. The topological polar surface area (TPSA) is 49.8 Å². The molecule has 1 aliphatic heterocycles. The SMILES string of the molecule is O=C(N1CCOC(CO)C1)C1(c2cccc(Cl)c2)CCC1. The number of halogens is 1. The number of hydrogen-bond donors (Lipinski definition) is 1. The van der Waals surface area contributed by atoms with E-state index in [4.69, 9.17) is 16.3 Å². The number of rotatable bonds is 3. The third-order valence-corrected chi connectivity index (χ3v) is 4.86. The second-order valence-electron chi connectivity index (χ2n) is 5.87. The number of aliphatic hydroxyl groups excluding tert-OH is 1. The zero-order chi connectivity index (χ0) is 14.9. The molecule has 1 unspecified atom stereocenters. The molecule has 1 saturated carbocycles. The van der Waals surface area contributed by atoms with Gasteiger partial charge in [-0.2, -0.15) is 0 Å². The largest absolute Gasteiger partial charge is 0.394 e. The van der Waals surface area contributed by atoms with E-state index in [0.717, 1.165) is 24.8 Å². The van der Waals surface area contributed by atoms with Gasteiger partial charge in [0, 0.05) is 18.1 Å². The molecule has 2 aliphatic rings. The van der Waals surface area contributed by atoms with Crippen molar-refractivity contribution in [3.63, 3.8) is 0 Å². The van der Waals surface area contributed by atoms with Gasteiger partial charge in [-0.15, -0.1) is 0 Å². The number of carbonyl (C=O) groups is 1. The van der Waals surface area contributed by atoms with Crippen LogP contribution in [0.1, 0.15) is 24.8 Å². The van der Waals surface area contributed by atoms with Crippen LogP contribution in [0.25, 0.3) is 0 Å². The summed E-state index contributed by atoms with van der Waals surface area (Å²) >= 11 is 6.09. The van der Waals surface area contributed by atoms with Gasteiger partial charge < -0.3 is 14.7 Å². The predicted molar refractivity (Wildman–Crippen MR) is 80.4 cm³/mol. The van der Waals surface area contributed by atoms with E-state index < -0.39 is 5.41 Å². The number of amides is 1. The number of carbonyl (C=O) groups excluding carboxylic acids is 1. The smallest absolute Gasteiger partial charge is 0.233 e. The molecule has 1 atom stereocenters. The van der Waals surface area contributed by atoms with Gasteiger partial charge in [0.15, 0.2) is 0 Å². The summed E-state index contributed by atoms with van der Waals surface area (Å²) in [5, 5.41) is 9.91. The van der Waals surface area contributed by atoms with E-state index >= 15 is 0 Å². The molecule has 1 heterocycles. The fourth-order valence-electron chi connectivity index (χ4n) is 3.26. The Balaban J connectivity index is 1.84. The fourth-order valence-corrected chi connectivity index (χ4v) is 3.45. The van der Waals surface area contributed by atoms with E-state index in [9.17, 15) is 9.90 Å². The van der Waals surface area contributed by atoms with Crippen LogP contribution in [0.5, 0.6) is 0 Å². The molecular weight excluding hydrogens is 290 g/mol. The van der Waals surface area contributed by atoms with E-state index in [-0.39, 0.29) is 18.6 Å². The lowest BCUT2D eigenvalue weighted by atomic mass is 9.63. The molecule has 1 aliphatic carbocycles. The Morgan fingerprint density at radius 3 is 2.90 bits per heavy atom. The van der Waals surface area contributed by atoms with Crippen molar-refractivity contribution >= 4 is 17.5 Å². The van der Waals surface area contributed by atoms with Crippen LogP contribution in [0.15, 0.2) is 24.3 Å². The lowest BCUT2D eigenvalue weighted by Gasteiger charge is -2.45. The zero-order valence-corrected chi connectivity index (χ0v) is 12.7. The molecule has 0 bridgehead atoms. The van der Waals surface area contributed by atoms with Gasteiger partial charge in [0.1, 0.15) is 0 Å². The van der Waals surface area contributed by atoms with Gasteiger partial charge in [-0.05, 0) is 30.5 Å². The first kappa shape index (κ1) is 14.8. The van der Waals surface area contributed by atoms with Gasteiger partial charge in [0.25, 0.3) is 0 Å². The van der Waals surface area contributed by atoms with E-state index in [2.05, 4.69) is 0 Å². The summed E-state index contributed by atoms with van der Waals surface area (Å²) in [6, 6.07) is 7.63. The highest BCUT2D eigenvalue weighted by Crippen LogP contribution is 2.45. The Morgan fingerprint density at radius 1 is 1.48 bits per heavy atom. The molecular formula is C16H20ClNO3. The summed E-state index contributed by atoms with van der Waals surface area (Å²) < 4.78 is 5.43. The molecule has 0 spiro atoms. The predicted octanol–water partition coefficient (Wildman–Crippen LogP) is 1.98. The van der Waals surface area contributed by atoms with Crippen molar-refractivity contribution in [2.75, 3.05) is 26.3 Å². The van der Waals surface area contributed by atoms with Gasteiger partial charge in [-0.25, -0.2) is 0 Å². The molecule has 3 rings (SSSR count). The maximum absolute atomic E-state index is 13.0. The van der Waals surface area contributed by atoms with Crippen molar-refractivity contribution in [1.82, 2.24) is 4.90 Å². The third kappa shape index (κ3) is 2.68. The summed E-state index contributed by atoms with van der Waals surface area (Å²) in [7, 11) is 0. The Kier molecular flexibility index (Phi) is 4.20. The Labute approximate surface area is 129 Å². The number of hydrogen-bond acceptors (Lipinski definition) is 3. The summed E-state index contributed by atoms with van der Waals surface area (Å²) in [5.74, 6) is 0.151. The van der Waals surface area contributed by atoms with Crippen molar-refractivity contribution in [3.05, 3.63) is 34.9 Å². The molecule has 5 heteroatoms. The van der Waals surface area contributed by atoms with Crippen LogP contribution in [-0.2, 0) is 14.9 Å². The maximum Gasteiger partial charge on any atom is 0.233 e. The van der Waals surface area contributed by atoms with Gasteiger partial charge in [-0.3, -0.25) is 4.79 Å². The van der Waals surface area contributed by atoms with Crippen molar-refractivity contribution < 1.29 is 14.6 Å². The first-order chi connectivity index (χ1) is 10.2. The highest BCUT2D eigenvalue weighted by Gasteiger charge is 2.48. The van der Waals surface area contributed by atoms with Crippen LogP contribution in [0.4, 0.5) is 0 Å². The summed E-state index contributed by atoms with van der Waals surface area (Å²) in [4.78, 5) is 14.9. The minimum atomic E-state index is -0.428. The number of nitrogens with zero attached hydrogens (tertiary/aromatic N) is 1. The lowest BCUT2D eigenvalue weighted by molar-refractivity contribution is -0.149. The number of aliphatic hydroxyl groups is 1. The highest BCUT2D eigenvalue weighted by molar-refractivity contribution is 6.30. The van der Waals surface area contributed by atoms with Gasteiger partial charge >= 0.3 is 0 Å². The second-order valence-corrected chi connectivity index (χ2v) is 6.31. The zero-order valence-electron chi connectivity index (χ0n) is 11.9. The quantitative estimate of drug-likeness (QED) is 0.929. The Hall–Kier alpha value is -1.10. The molecule has 1 amide bonds. The standard InChI is InChI=1S/C16H20ClNO3/c17-13-4-1-3-12(9-13)16(5-2-6-16)15(20)18-7-8-21-14(10-18)11-19/h1,3-4,9,14,19H,2,5-8,10-11H2. The fraction of sp³-hybridized carbons (Fsp3) is 0.562. The molecule has 1 aromatic rings. The Bertz CT molecular complexity index is 530. The second kappa shape index (κ2) is 5.95. The number of benzene rings is 1. The van der Waals surface area contributed by atoms with Crippen molar-refractivity contribution in [1.29, 1.82) is 0 Å². The van der Waals surface area contributed by atoms with Crippen LogP contribution < -0.4 is 0 Å². The van der Waals surface area contributed by atoms with E-state index in [0.29, 0.717) is 24.7 Å². The molecule has 21 heavy (non-hydrogen) atoms. The molecule has 114 valence electrons. The van der Waals surface area contributed by atoms with Crippen LogP contribution in [0.3, 0.4) is 0 Å². The Morgan fingerprint density at radius 2 is 2.29 bits per heavy atom. The van der Waals surface area contributed by atoms with Gasteiger partial charge in [0.2, 0.25) is 5.91 Å². The normalized spacial score (nSPS) is 24.5. The molecule has 1 N–H and O–H groups in total. The average Bonchev–Trinajstić information content (AvgIpc) is 2.46. The van der Waals surface area contributed by atoms with Crippen LogP contribution in [0, 0.1) is 0 Å². The highest BCUT2D eigenvalue weighted by atomic mass is 35.5. The van der Waals surface area contributed by atoms with Crippen LogP contribution >= 0.6 is 11.6 Å². The first-order valence-corrected chi connectivity index (χ1v) is 7.81. The minimum absolute atomic E-state index is 0.0477. The van der Waals surface area contributed by atoms with Crippen LogP contribution in [-0.4, -0.2) is 48.3 Å². The summed E-state index contributed by atoms with van der Waals surface area (Å²) in [6.07, 6.45) is 2.53. The average molecular weight is 310 g/mol. The lowest BCUT2D eigenvalue weighted by Crippen LogP contribution is -2.56. The number of ether oxygens (including phenoxy) is 1. The third-order valence-electron chi connectivity index (χ3n) is 4.62. The van der Waals surface area contributed by atoms with Gasteiger partial charge in [-0.1, -0.05) is 30.2 Å².